The highest BCUT2D eigenvalue weighted by molar-refractivity contribution is 5.77. The quantitative estimate of drug-likeness (QED) is 0.257. The zero-order valence-corrected chi connectivity index (χ0v) is 3.45. The Morgan fingerprint density at radius 2 is 1.50 bits per heavy atom. The van der Waals surface area contributed by atoms with E-state index in [0.717, 1.165) is 0 Å². The number of carbonyl (C=O) groups is 2. The first-order chi connectivity index (χ1) is 3.79. The van der Waals surface area contributed by atoms with Crippen LogP contribution in [0.3, 0.4) is 0 Å². The molecule has 1 aliphatic rings. The van der Waals surface area contributed by atoms with E-state index in [2.05, 4.69) is 19.6 Å². The van der Waals surface area contributed by atoms with Gasteiger partial charge in [-0.15, -0.1) is 0 Å². The molecule has 0 unspecified atom stereocenters. The van der Waals surface area contributed by atoms with Crippen molar-refractivity contribution in [1.29, 1.82) is 0 Å². The fraction of sp³-hybridized carbons (Fsp3) is 0. The predicted molar refractivity (Wildman–Crippen MR) is 15.1 cm³/mol. The van der Waals surface area contributed by atoms with E-state index < -0.39 is 12.3 Å². The summed E-state index contributed by atoms with van der Waals surface area (Å²) in [5.74, 6) is 0. The Bertz CT molecular complexity index is 112. The SMILES string of the molecule is O=C1OOOC(=O)O1. The third-order valence-corrected chi connectivity index (χ3v) is 0.371. The van der Waals surface area contributed by atoms with Gasteiger partial charge in [-0.05, 0) is 0 Å². The van der Waals surface area contributed by atoms with Crippen LogP contribution in [0.4, 0.5) is 9.59 Å². The lowest BCUT2D eigenvalue weighted by atomic mass is 11.3. The average molecular weight is 120 g/mol. The summed E-state index contributed by atoms with van der Waals surface area (Å²) in [5.41, 5.74) is 0. The largest absolute Gasteiger partial charge is 0.553 e. The molecule has 0 N–H and O–H groups in total. The zero-order chi connectivity index (χ0) is 5.98. The van der Waals surface area contributed by atoms with Crippen LogP contribution in [0.15, 0.2) is 0 Å². The van der Waals surface area contributed by atoms with Crippen molar-refractivity contribution in [3.8, 4) is 0 Å². The van der Waals surface area contributed by atoms with Crippen LogP contribution in [0.25, 0.3) is 0 Å². The number of ether oxygens (including phenoxy) is 1. The number of carbonyl (C=O) groups excluding carboxylic acids is 2. The highest BCUT2D eigenvalue weighted by atomic mass is 17.5. The van der Waals surface area contributed by atoms with Crippen molar-refractivity contribution >= 4 is 12.3 Å². The molecule has 1 heterocycles. The minimum Gasteiger partial charge on any atom is -0.323 e. The summed E-state index contributed by atoms with van der Waals surface area (Å²) >= 11 is 0. The molecule has 0 spiro atoms. The van der Waals surface area contributed by atoms with E-state index in [1.54, 1.807) is 0 Å². The van der Waals surface area contributed by atoms with Crippen LogP contribution in [0.2, 0.25) is 0 Å². The van der Waals surface area contributed by atoms with Crippen molar-refractivity contribution in [2.45, 2.75) is 0 Å². The number of hydrogen-bond donors (Lipinski definition) is 0. The molecular weight excluding hydrogens is 120 g/mol. The summed E-state index contributed by atoms with van der Waals surface area (Å²) in [6, 6.07) is 0. The molecular formula is C2O6. The van der Waals surface area contributed by atoms with Gasteiger partial charge in [-0.25, -0.2) is 9.78 Å². The molecule has 0 aromatic carbocycles. The predicted octanol–water partition coefficient (Wildman–Crippen LogP) is 0.136. The van der Waals surface area contributed by atoms with E-state index in [1.807, 2.05) is 0 Å². The van der Waals surface area contributed by atoms with Gasteiger partial charge in [0.25, 0.3) is 0 Å². The number of hydrogen-bond acceptors (Lipinski definition) is 6. The fourth-order valence-electron chi connectivity index (χ4n) is 0.175. The maximum Gasteiger partial charge on any atom is 0.553 e. The summed E-state index contributed by atoms with van der Waals surface area (Å²) in [5, 5.41) is 3.47. The number of cyclic esters (lactones) is 2. The van der Waals surface area contributed by atoms with Crippen molar-refractivity contribution in [2.24, 2.45) is 0 Å². The van der Waals surface area contributed by atoms with E-state index in [4.69, 9.17) is 0 Å². The van der Waals surface area contributed by atoms with Gasteiger partial charge in [-0.3, -0.25) is 0 Å². The highest BCUT2D eigenvalue weighted by Crippen LogP contribution is 1.98. The van der Waals surface area contributed by atoms with Crippen molar-refractivity contribution in [2.75, 3.05) is 0 Å². The van der Waals surface area contributed by atoms with Gasteiger partial charge in [0.1, 0.15) is 0 Å². The molecule has 0 saturated carbocycles. The lowest BCUT2D eigenvalue weighted by Crippen LogP contribution is -2.22. The highest BCUT2D eigenvalue weighted by Gasteiger charge is 2.22. The monoisotopic (exact) mass is 120 g/mol. The average Bonchev–Trinajstić information content (AvgIpc) is 1.64. The van der Waals surface area contributed by atoms with Gasteiger partial charge in [-0.2, -0.15) is 9.59 Å². The Labute approximate surface area is 42.7 Å². The molecule has 6 nitrogen and oxygen atoms in total. The molecule has 0 aromatic heterocycles. The number of rotatable bonds is 0. The summed E-state index contributed by atoms with van der Waals surface area (Å²) in [7, 11) is 0. The summed E-state index contributed by atoms with van der Waals surface area (Å²) in [6.07, 6.45) is -2.47. The van der Waals surface area contributed by atoms with Crippen molar-refractivity contribution in [1.82, 2.24) is 0 Å². The molecule has 1 fully saturated rings. The van der Waals surface area contributed by atoms with E-state index in [1.165, 1.54) is 0 Å². The van der Waals surface area contributed by atoms with E-state index in [9.17, 15) is 9.59 Å². The van der Waals surface area contributed by atoms with Gasteiger partial charge < -0.3 is 4.74 Å². The van der Waals surface area contributed by atoms with Gasteiger partial charge >= 0.3 is 12.3 Å². The van der Waals surface area contributed by atoms with Crippen molar-refractivity contribution in [3.05, 3.63) is 0 Å². The minimum absolute atomic E-state index is 1.23. The molecule has 1 saturated heterocycles. The Morgan fingerprint density at radius 3 is 1.75 bits per heavy atom. The molecule has 8 heavy (non-hydrogen) atoms. The second-order valence-electron chi connectivity index (χ2n) is 0.837. The maximum absolute atomic E-state index is 9.80. The van der Waals surface area contributed by atoms with Gasteiger partial charge in [0.15, 0.2) is 0 Å². The molecule has 0 amide bonds. The van der Waals surface area contributed by atoms with Crippen LogP contribution in [-0.2, 0) is 19.6 Å². The molecule has 0 atom stereocenters. The summed E-state index contributed by atoms with van der Waals surface area (Å²) in [4.78, 5) is 26.7. The fourth-order valence-corrected chi connectivity index (χ4v) is 0.175. The van der Waals surface area contributed by atoms with E-state index in [0.29, 0.717) is 0 Å². The van der Waals surface area contributed by atoms with Crippen molar-refractivity contribution in [3.63, 3.8) is 0 Å². The normalized spacial score (nSPS) is 18.5. The van der Waals surface area contributed by atoms with Crippen LogP contribution in [0.1, 0.15) is 0 Å². The third kappa shape index (κ3) is 0.850. The lowest BCUT2D eigenvalue weighted by molar-refractivity contribution is -0.473. The molecule has 0 aliphatic carbocycles. The minimum atomic E-state index is -1.23. The van der Waals surface area contributed by atoms with Crippen LogP contribution in [-0.4, -0.2) is 12.3 Å². The zero-order valence-electron chi connectivity index (χ0n) is 3.45. The molecule has 6 heteroatoms. The second kappa shape index (κ2) is 1.66. The first-order valence-corrected chi connectivity index (χ1v) is 1.56. The van der Waals surface area contributed by atoms with Gasteiger partial charge in [0.2, 0.25) is 0 Å². The first kappa shape index (κ1) is 4.85. The maximum atomic E-state index is 9.80. The molecule has 0 bridgehead atoms. The molecule has 0 aromatic rings. The van der Waals surface area contributed by atoms with E-state index in [-0.39, 0.29) is 0 Å². The molecule has 1 rings (SSSR count). The first-order valence-electron chi connectivity index (χ1n) is 1.56. The Kier molecular flexibility index (Phi) is 1.01. The third-order valence-electron chi connectivity index (χ3n) is 0.371. The molecule has 0 radical (unpaired) electrons. The van der Waals surface area contributed by atoms with Gasteiger partial charge in [0.05, 0.1) is 5.04 Å². The van der Waals surface area contributed by atoms with E-state index >= 15 is 0 Å². The van der Waals surface area contributed by atoms with Gasteiger partial charge in [0, 0.05) is 0 Å². The van der Waals surface area contributed by atoms with Crippen LogP contribution >= 0.6 is 0 Å². The van der Waals surface area contributed by atoms with Crippen LogP contribution in [0.5, 0.6) is 0 Å². The lowest BCUT2D eigenvalue weighted by Gasteiger charge is -2.04. The molecule has 44 valence electrons. The van der Waals surface area contributed by atoms with Crippen LogP contribution in [0, 0.1) is 0 Å². The van der Waals surface area contributed by atoms with Gasteiger partial charge in [-0.1, -0.05) is 0 Å². The van der Waals surface area contributed by atoms with Crippen LogP contribution < -0.4 is 0 Å². The summed E-state index contributed by atoms with van der Waals surface area (Å²) < 4.78 is 3.64. The topological polar surface area (TPSA) is 71.1 Å². The van der Waals surface area contributed by atoms with Crippen molar-refractivity contribution < 1.29 is 29.1 Å². The summed E-state index contributed by atoms with van der Waals surface area (Å²) in [6.45, 7) is 0. The standard InChI is InChI=1S/C2O6/c3-1-5-2(4)7-8-6-1. The smallest absolute Gasteiger partial charge is 0.323 e. The Hall–Kier alpha value is -1.30. The Morgan fingerprint density at radius 1 is 1.00 bits per heavy atom. The Balaban J connectivity index is 2.45. The second-order valence-corrected chi connectivity index (χ2v) is 0.837. The molecule has 1 aliphatic heterocycles.